The monoisotopic (exact) mass is 307 g/mol. The van der Waals surface area contributed by atoms with Crippen LogP contribution in [0.5, 0.6) is 0 Å². The molecule has 0 saturated heterocycles. The third-order valence-electron chi connectivity index (χ3n) is 2.41. The molecule has 20 heavy (non-hydrogen) atoms. The van der Waals surface area contributed by atoms with Crippen molar-refractivity contribution in [1.82, 2.24) is 0 Å². The van der Waals surface area contributed by atoms with Crippen molar-refractivity contribution in [1.29, 1.82) is 0 Å². The van der Waals surface area contributed by atoms with E-state index >= 15 is 0 Å². The number of anilines is 1. The second-order valence-electron chi connectivity index (χ2n) is 3.85. The lowest BCUT2D eigenvalue weighted by Crippen LogP contribution is -2.10. The maximum atomic E-state index is 11.9. The first kappa shape index (κ1) is 14.3. The number of amides is 1. The lowest BCUT2D eigenvalue weighted by atomic mass is 10.2. The molecule has 0 radical (unpaired) electrons. The van der Waals surface area contributed by atoms with Crippen LogP contribution in [0.4, 0.5) is 5.69 Å². The number of halogens is 1. The molecule has 4 nitrogen and oxygen atoms in total. The molecule has 0 unspecified atom stereocenters. The highest BCUT2D eigenvalue weighted by Crippen LogP contribution is 2.23. The fourth-order valence-corrected chi connectivity index (χ4v) is 2.52. The summed E-state index contributed by atoms with van der Waals surface area (Å²) in [6.45, 7) is 0. The number of aliphatic carboxylic acids is 1. The van der Waals surface area contributed by atoms with Gasteiger partial charge in [-0.2, -0.15) is 0 Å². The van der Waals surface area contributed by atoms with E-state index in [1.165, 1.54) is 17.4 Å². The average Bonchev–Trinajstić information content (AvgIpc) is 2.84. The summed E-state index contributed by atoms with van der Waals surface area (Å²) in [6.07, 6.45) is 2.53. The Bertz CT molecular complexity index is 661. The smallest absolute Gasteiger partial charge is 0.328 e. The number of carbonyl (C=O) groups is 2. The lowest BCUT2D eigenvalue weighted by Gasteiger charge is -2.04. The maximum absolute atomic E-state index is 11.9. The molecular weight excluding hydrogens is 298 g/mol. The van der Waals surface area contributed by atoms with Crippen LogP contribution in [0.25, 0.3) is 6.08 Å². The fourth-order valence-electron chi connectivity index (χ4n) is 1.49. The van der Waals surface area contributed by atoms with Crippen molar-refractivity contribution in [3.63, 3.8) is 0 Å². The van der Waals surface area contributed by atoms with E-state index in [-0.39, 0.29) is 5.91 Å². The molecule has 1 aromatic carbocycles. The molecule has 2 aromatic rings. The number of hydrogen-bond donors (Lipinski definition) is 2. The summed E-state index contributed by atoms with van der Waals surface area (Å²) in [5.74, 6) is -1.27. The van der Waals surface area contributed by atoms with E-state index in [0.29, 0.717) is 15.6 Å². The van der Waals surface area contributed by atoms with Gasteiger partial charge in [0.15, 0.2) is 0 Å². The predicted molar refractivity (Wildman–Crippen MR) is 80.4 cm³/mol. The first-order chi connectivity index (χ1) is 9.56. The zero-order valence-corrected chi connectivity index (χ0v) is 11.7. The normalized spacial score (nSPS) is 10.7. The van der Waals surface area contributed by atoms with Gasteiger partial charge in [-0.3, -0.25) is 4.79 Å². The summed E-state index contributed by atoms with van der Waals surface area (Å²) < 4.78 is 0. The van der Waals surface area contributed by atoms with E-state index in [0.717, 1.165) is 11.6 Å². The Morgan fingerprint density at radius 1 is 1.20 bits per heavy atom. The SMILES string of the molecule is O=C(O)/C=C/c1ccc(NC(=O)c2sccc2Cl)cc1. The highest BCUT2D eigenvalue weighted by Gasteiger charge is 2.11. The van der Waals surface area contributed by atoms with Gasteiger partial charge in [-0.15, -0.1) is 11.3 Å². The molecule has 0 spiro atoms. The molecule has 0 aliphatic rings. The van der Waals surface area contributed by atoms with Gasteiger partial charge in [-0.25, -0.2) is 4.79 Å². The molecule has 1 heterocycles. The summed E-state index contributed by atoms with van der Waals surface area (Å²) in [4.78, 5) is 22.8. The quantitative estimate of drug-likeness (QED) is 0.845. The van der Waals surface area contributed by atoms with Crippen LogP contribution in [-0.2, 0) is 4.79 Å². The molecule has 6 heteroatoms. The van der Waals surface area contributed by atoms with Gasteiger partial charge in [-0.1, -0.05) is 23.7 Å². The van der Waals surface area contributed by atoms with Crippen LogP contribution in [0.15, 0.2) is 41.8 Å². The van der Waals surface area contributed by atoms with Gasteiger partial charge >= 0.3 is 5.97 Å². The van der Waals surface area contributed by atoms with Gasteiger partial charge in [-0.05, 0) is 35.2 Å². The minimum absolute atomic E-state index is 0.265. The minimum atomic E-state index is -1.00. The number of hydrogen-bond acceptors (Lipinski definition) is 3. The molecule has 1 aromatic heterocycles. The van der Waals surface area contributed by atoms with Crippen LogP contribution in [0.2, 0.25) is 5.02 Å². The van der Waals surface area contributed by atoms with Crippen molar-refractivity contribution < 1.29 is 14.7 Å². The number of benzene rings is 1. The number of carbonyl (C=O) groups excluding carboxylic acids is 1. The molecule has 2 rings (SSSR count). The van der Waals surface area contributed by atoms with Crippen molar-refractivity contribution >= 4 is 46.6 Å². The zero-order valence-electron chi connectivity index (χ0n) is 10.2. The van der Waals surface area contributed by atoms with Crippen LogP contribution in [-0.4, -0.2) is 17.0 Å². The maximum Gasteiger partial charge on any atom is 0.328 e. The van der Waals surface area contributed by atoms with E-state index in [1.807, 2.05) is 0 Å². The largest absolute Gasteiger partial charge is 0.478 e. The molecule has 0 aliphatic carbocycles. The highest BCUT2D eigenvalue weighted by atomic mass is 35.5. The van der Waals surface area contributed by atoms with Crippen molar-refractivity contribution in [3.8, 4) is 0 Å². The minimum Gasteiger partial charge on any atom is -0.478 e. The molecule has 102 valence electrons. The van der Waals surface area contributed by atoms with Gasteiger partial charge < -0.3 is 10.4 Å². The second-order valence-corrected chi connectivity index (χ2v) is 5.17. The molecule has 0 aliphatic heterocycles. The topological polar surface area (TPSA) is 66.4 Å². The molecule has 1 amide bonds. The molecule has 0 atom stereocenters. The number of carboxylic acids is 1. The van der Waals surface area contributed by atoms with E-state index in [4.69, 9.17) is 16.7 Å². The standard InChI is InChI=1S/C14H10ClNO3S/c15-11-7-8-20-13(11)14(19)16-10-4-1-9(2-5-10)3-6-12(17)18/h1-8H,(H,16,19)(H,17,18)/b6-3+. The number of thiophene rings is 1. The van der Waals surface area contributed by atoms with Gasteiger partial charge in [0.1, 0.15) is 4.88 Å². The Balaban J connectivity index is 2.06. The van der Waals surface area contributed by atoms with Crippen molar-refractivity contribution in [2.75, 3.05) is 5.32 Å². The Morgan fingerprint density at radius 2 is 1.90 bits per heavy atom. The van der Waals surface area contributed by atoms with Gasteiger partial charge in [0.25, 0.3) is 5.91 Å². The molecule has 0 saturated carbocycles. The average molecular weight is 308 g/mol. The Morgan fingerprint density at radius 3 is 2.45 bits per heavy atom. The first-order valence-corrected chi connectivity index (χ1v) is 6.87. The number of rotatable bonds is 4. The van der Waals surface area contributed by atoms with E-state index < -0.39 is 5.97 Å². The van der Waals surface area contributed by atoms with Crippen LogP contribution in [0.3, 0.4) is 0 Å². The summed E-state index contributed by atoms with van der Waals surface area (Å²) in [7, 11) is 0. The zero-order chi connectivity index (χ0) is 14.5. The molecule has 0 bridgehead atoms. The summed E-state index contributed by atoms with van der Waals surface area (Å²) in [5.41, 5.74) is 1.35. The van der Waals surface area contributed by atoms with Crippen LogP contribution in [0.1, 0.15) is 15.2 Å². The molecular formula is C14H10ClNO3S. The third kappa shape index (κ3) is 3.69. The van der Waals surface area contributed by atoms with Gasteiger partial charge in [0.2, 0.25) is 0 Å². The first-order valence-electron chi connectivity index (χ1n) is 5.61. The number of carboxylic acid groups (broad SMARTS) is 1. The van der Waals surface area contributed by atoms with Gasteiger partial charge in [0, 0.05) is 11.8 Å². The predicted octanol–water partition coefficient (Wildman–Crippen LogP) is 3.75. The molecule has 2 N–H and O–H groups in total. The summed E-state index contributed by atoms with van der Waals surface area (Å²) >= 11 is 7.15. The Hall–Kier alpha value is -2.11. The second kappa shape index (κ2) is 6.36. The summed E-state index contributed by atoms with van der Waals surface area (Å²) in [6, 6.07) is 8.49. The van der Waals surface area contributed by atoms with Crippen molar-refractivity contribution in [2.24, 2.45) is 0 Å². The van der Waals surface area contributed by atoms with Crippen molar-refractivity contribution in [2.45, 2.75) is 0 Å². The Labute approximate surface area is 124 Å². The molecule has 0 fully saturated rings. The van der Waals surface area contributed by atoms with Crippen LogP contribution < -0.4 is 5.32 Å². The fraction of sp³-hybridized carbons (Fsp3) is 0. The summed E-state index contributed by atoms with van der Waals surface area (Å²) in [5, 5.41) is 13.4. The van der Waals surface area contributed by atoms with E-state index in [2.05, 4.69) is 5.32 Å². The third-order valence-corrected chi connectivity index (χ3v) is 3.75. The lowest BCUT2D eigenvalue weighted by molar-refractivity contribution is -0.131. The van der Waals surface area contributed by atoms with Crippen LogP contribution >= 0.6 is 22.9 Å². The van der Waals surface area contributed by atoms with Gasteiger partial charge in [0.05, 0.1) is 5.02 Å². The van der Waals surface area contributed by atoms with Crippen molar-refractivity contribution in [3.05, 3.63) is 57.3 Å². The Kier molecular flexibility index (Phi) is 4.55. The van der Waals surface area contributed by atoms with E-state index in [9.17, 15) is 9.59 Å². The highest BCUT2D eigenvalue weighted by molar-refractivity contribution is 7.12. The number of nitrogens with one attached hydrogen (secondary N) is 1. The van der Waals surface area contributed by atoms with E-state index in [1.54, 1.807) is 35.7 Å². The van der Waals surface area contributed by atoms with Crippen LogP contribution in [0, 0.1) is 0 Å².